The van der Waals surface area contributed by atoms with Crippen LogP contribution in [0.15, 0.2) is 34.8 Å². The molecular weight excluding hydrogens is 281 g/mol. The van der Waals surface area contributed by atoms with E-state index in [-0.39, 0.29) is 11.9 Å². The average molecular weight is 300 g/mol. The van der Waals surface area contributed by atoms with Crippen molar-refractivity contribution in [2.75, 3.05) is 6.54 Å². The summed E-state index contributed by atoms with van der Waals surface area (Å²) in [6.45, 7) is 8.92. The lowest BCUT2D eigenvalue weighted by Crippen LogP contribution is -2.21. The average Bonchev–Trinajstić information content (AvgIpc) is 2.24. The minimum atomic E-state index is -0.212. The number of rotatable bonds is 6. The summed E-state index contributed by atoms with van der Waals surface area (Å²) in [6, 6.07) is 5.10. The van der Waals surface area contributed by atoms with Gasteiger partial charge in [-0.05, 0) is 44.0 Å². The van der Waals surface area contributed by atoms with Crippen molar-refractivity contribution < 1.29 is 4.39 Å². The van der Waals surface area contributed by atoms with Gasteiger partial charge in [0.25, 0.3) is 0 Å². The van der Waals surface area contributed by atoms with Gasteiger partial charge in [-0.25, -0.2) is 4.39 Å². The third kappa shape index (κ3) is 4.60. The summed E-state index contributed by atoms with van der Waals surface area (Å²) < 4.78 is 13.9. The van der Waals surface area contributed by atoms with Crippen molar-refractivity contribution in [3.05, 3.63) is 46.2 Å². The van der Waals surface area contributed by atoms with Gasteiger partial charge in [0.1, 0.15) is 5.82 Å². The van der Waals surface area contributed by atoms with Crippen molar-refractivity contribution in [3.8, 4) is 0 Å². The third-order valence-electron chi connectivity index (χ3n) is 2.65. The summed E-state index contributed by atoms with van der Waals surface area (Å²) in [5.74, 6) is -0.212. The van der Waals surface area contributed by atoms with Crippen LogP contribution in [0.3, 0.4) is 0 Å². The lowest BCUT2D eigenvalue weighted by molar-refractivity contribution is 0.511. The summed E-state index contributed by atoms with van der Waals surface area (Å²) in [7, 11) is 0. The number of halogens is 2. The van der Waals surface area contributed by atoms with Crippen LogP contribution in [-0.4, -0.2) is 6.54 Å². The Labute approximate surface area is 111 Å². The van der Waals surface area contributed by atoms with Gasteiger partial charge in [0.05, 0.1) is 0 Å². The Balaban J connectivity index is 2.84. The molecule has 1 N–H and O–H groups in total. The van der Waals surface area contributed by atoms with Gasteiger partial charge in [-0.1, -0.05) is 34.5 Å². The molecule has 0 bridgehead atoms. The van der Waals surface area contributed by atoms with Gasteiger partial charge in [-0.3, -0.25) is 0 Å². The van der Waals surface area contributed by atoms with E-state index in [1.165, 1.54) is 17.7 Å². The molecule has 1 rings (SSSR count). The number of hydrogen-bond donors (Lipinski definition) is 1. The summed E-state index contributed by atoms with van der Waals surface area (Å²) in [6.07, 6.45) is 1.95. The van der Waals surface area contributed by atoms with E-state index >= 15 is 0 Å². The molecule has 0 amide bonds. The fraction of sp³-hybridized carbons (Fsp3) is 0.429. The maximum Gasteiger partial charge on any atom is 0.124 e. The van der Waals surface area contributed by atoms with Crippen LogP contribution in [0.4, 0.5) is 4.39 Å². The molecule has 94 valence electrons. The molecule has 0 aromatic heterocycles. The number of benzene rings is 1. The predicted molar refractivity (Wildman–Crippen MR) is 74.6 cm³/mol. The molecular formula is C14H19BrFN. The van der Waals surface area contributed by atoms with Gasteiger partial charge in [0.2, 0.25) is 0 Å². The van der Waals surface area contributed by atoms with Crippen LogP contribution in [0, 0.1) is 5.82 Å². The van der Waals surface area contributed by atoms with Crippen LogP contribution in [0.1, 0.15) is 38.3 Å². The highest BCUT2D eigenvalue weighted by Gasteiger charge is 2.13. The topological polar surface area (TPSA) is 12.0 Å². The largest absolute Gasteiger partial charge is 0.310 e. The first kappa shape index (κ1) is 14.4. The maximum atomic E-state index is 13.0. The molecule has 1 aromatic rings. The lowest BCUT2D eigenvalue weighted by atomic mass is 10.00. The van der Waals surface area contributed by atoms with Crippen LogP contribution in [-0.2, 0) is 0 Å². The third-order valence-corrected chi connectivity index (χ3v) is 3.33. The summed E-state index contributed by atoms with van der Waals surface area (Å²) in [5.41, 5.74) is 2.28. The lowest BCUT2D eigenvalue weighted by Gasteiger charge is -2.19. The zero-order valence-electron chi connectivity index (χ0n) is 10.4. The molecule has 0 saturated carbocycles. The van der Waals surface area contributed by atoms with Crippen LogP contribution in [0.2, 0.25) is 0 Å². The second-order valence-corrected chi connectivity index (χ2v) is 5.13. The van der Waals surface area contributed by atoms with E-state index < -0.39 is 0 Å². The van der Waals surface area contributed by atoms with Gasteiger partial charge in [0, 0.05) is 10.5 Å². The molecule has 1 unspecified atom stereocenters. The Morgan fingerprint density at radius 2 is 2.24 bits per heavy atom. The van der Waals surface area contributed by atoms with Crippen molar-refractivity contribution in [3.63, 3.8) is 0 Å². The van der Waals surface area contributed by atoms with E-state index in [2.05, 4.69) is 34.7 Å². The smallest absolute Gasteiger partial charge is 0.124 e. The van der Waals surface area contributed by atoms with Crippen molar-refractivity contribution >= 4 is 15.9 Å². The molecule has 0 radical (unpaired) electrons. The highest BCUT2D eigenvalue weighted by molar-refractivity contribution is 9.10. The molecule has 0 aliphatic rings. The Morgan fingerprint density at radius 3 is 2.76 bits per heavy atom. The summed E-state index contributed by atoms with van der Waals surface area (Å²) in [4.78, 5) is 0. The highest BCUT2D eigenvalue weighted by atomic mass is 79.9. The molecule has 0 aliphatic heterocycles. The van der Waals surface area contributed by atoms with Crippen LogP contribution in [0.25, 0.3) is 0 Å². The minimum absolute atomic E-state index is 0.212. The van der Waals surface area contributed by atoms with E-state index in [1.807, 2.05) is 13.0 Å². The zero-order chi connectivity index (χ0) is 12.8. The quantitative estimate of drug-likeness (QED) is 0.757. The molecule has 0 saturated heterocycles. The second kappa shape index (κ2) is 6.92. The van der Waals surface area contributed by atoms with E-state index in [4.69, 9.17) is 0 Å². The Kier molecular flexibility index (Phi) is 5.86. The van der Waals surface area contributed by atoms with Crippen LogP contribution >= 0.6 is 15.9 Å². The molecule has 1 nitrogen and oxygen atoms in total. The molecule has 1 aromatic carbocycles. The first-order valence-corrected chi connectivity index (χ1v) is 6.66. The van der Waals surface area contributed by atoms with E-state index in [0.717, 1.165) is 29.4 Å². The van der Waals surface area contributed by atoms with Gasteiger partial charge >= 0.3 is 0 Å². The summed E-state index contributed by atoms with van der Waals surface area (Å²) in [5, 5.41) is 3.42. The fourth-order valence-electron chi connectivity index (χ4n) is 1.79. The fourth-order valence-corrected chi connectivity index (χ4v) is 2.42. The molecule has 0 spiro atoms. The second-order valence-electron chi connectivity index (χ2n) is 4.27. The molecule has 0 aliphatic carbocycles. The minimum Gasteiger partial charge on any atom is -0.310 e. The molecule has 1 atom stereocenters. The molecule has 0 fully saturated rings. The van der Waals surface area contributed by atoms with Gasteiger partial charge in [0.15, 0.2) is 0 Å². The maximum absolute atomic E-state index is 13.0. The Hall–Kier alpha value is -0.670. The molecule has 17 heavy (non-hydrogen) atoms. The van der Waals surface area contributed by atoms with E-state index in [1.54, 1.807) is 0 Å². The van der Waals surface area contributed by atoms with Crippen molar-refractivity contribution in [2.24, 2.45) is 0 Å². The van der Waals surface area contributed by atoms with Gasteiger partial charge < -0.3 is 5.32 Å². The van der Waals surface area contributed by atoms with Crippen molar-refractivity contribution in [2.45, 2.75) is 32.7 Å². The monoisotopic (exact) mass is 299 g/mol. The van der Waals surface area contributed by atoms with Gasteiger partial charge in [-0.2, -0.15) is 0 Å². The van der Waals surface area contributed by atoms with Crippen molar-refractivity contribution in [1.29, 1.82) is 0 Å². The van der Waals surface area contributed by atoms with Crippen LogP contribution in [0.5, 0.6) is 0 Å². The van der Waals surface area contributed by atoms with Gasteiger partial charge in [-0.15, -0.1) is 6.58 Å². The van der Waals surface area contributed by atoms with Crippen LogP contribution < -0.4 is 5.32 Å². The van der Waals surface area contributed by atoms with E-state index in [0.29, 0.717) is 0 Å². The number of hydrogen-bond acceptors (Lipinski definition) is 1. The summed E-state index contributed by atoms with van der Waals surface area (Å²) >= 11 is 3.42. The normalized spacial score (nSPS) is 12.5. The Morgan fingerprint density at radius 1 is 1.53 bits per heavy atom. The zero-order valence-corrected chi connectivity index (χ0v) is 12.0. The highest BCUT2D eigenvalue weighted by Crippen LogP contribution is 2.28. The predicted octanol–water partition coefficient (Wildman–Crippen LogP) is 4.60. The first-order chi connectivity index (χ1) is 8.04. The SMILES string of the molecule is C=C(C)CCC(NCC)c1ccc(F)cc1Br. The number of nitrogens with one attached hydrogen (secondary N) is 1. The molecule has 0 heterocycles. The van der Waals surface area contributed by atoms with E-state index in [9.17, 15) is 4.39 Å². The standard InChI is InChI=1S/C14H19BrFN/c1-4-17-14(8-5-10(2)3)12-7-6-11(16)9-13(12)15/h6-7,9,14,17H,2,4-5,8H2,1,3H3. The Bertz CT molecular complexity index is 390. The van der Waals surface area contributed by atoms with Crippen molar-refractivity contribution in [1.82, 2.24) is 5.32 Å². The molecule has 3 heteroatoms. The first-order valence-electron chi connectivity index (χ1n) is 5.87. The number of allylic oxidation sites excluding steroid dienone is 1.